The van der Waals surface area contributed by atoms with Gasteiger partial charge in [-0.3, -0.25) is 18.6 Å². The third-order valence-electron chi connectivity index (χ3n) is 6.59. The molecule has 0 unspecified atom stereocenters. The van der Waals surface area contributed by atoms with E-state index >= 15 is 0 Å². The van der Waals surface area contributed by atoms with Crippen molar-refractivity contribution in [3.63, 3.8) is 0 Å². The van der Waals surface area contributed by atoms with Crippen molar-refractivity contribution in [2.45, 2.75) is 63.0 Å². The maximum Gasteiger partial charge on any atom is 0.475 e. The molecule has 0 radical (unpaired) electrons. The second-order valence-electron chi connectivity index (χ2n) is 9.39. The summed E-state index contributed by atoms with van der Waals surface area (Å²) in [6.07, 6.45) is 2.05. The normalized spacial score (nSPS) is 28.6. The molecule has 5 rings (SSSR count). The van der Waals surface area contributed by atoms with Crippen LogP contribution in [-0.2, 0) is 37.9 Å². The highest BCUT2D eigenvalue weighted by molar-refractivity contribution is 7.48. The van der Waals surface area contributed by atoms with Gasteiger partial charge in [0.2, 0.25) is 5.60 Å². The van der Waals surface area contributed by atoms with Crippen LogP contribution in [0.2, 0.25) is 0 Å². The van der Waals surface area contributed by atoms with Crippen molar-refractivity contribution < 1.29 is 32.3 Å². The molecule has 2 fully saturated rings. The van der Waals surface area contributed by atoms with Crippen molar-refractivity contribution in [1.29, 1.82) is 5.26 Å². The van der Waals surface area contributed by atoms with E-state index in [0.29, 0.717) is 17.6 Å². The molecule has 2 saturated heterocycles. The van der Waals surface area contributed by atoms with Crippen molar-refractivity contribution in [3.05, 3.63) is 54.2 Å². The SMILES string of the molecule is CC[C@H](O[P@](=O)(OC)OC[C@H]1O[C@@](C#N)(c2ccc3c(N)ncnn23)[C@@H]2OC(C)(C)O[C@@H]21)c1ccncc1. The van der Waals surface area contributed by atoms with Gasteiger partial charge in [0.25, 0.3) is 0 Å². The van der Waals surface area contributed by atoms with Gasteiger partial charge in [-0.2, -0.15) is 10.4 Å². The van der Waals surface area contributed by atoms with E-state index in [-0.39, 0.29) is 12.4 Å². The van der Waals surface area contributed by atoms with Gasteiger partial charge in [-0.15, -0.1) is 0 Å². The van der Waals surface area contributed by atoms with E-state index in [2.05, 4.69) is 21.1 Å². The fourth-order valence-electron chi connectivity index (χ4n) is 4.86. The molecule has 13 nitrogen and oxygen atoms in total. The van der Waals surface area contributed by atoms with E-state index < -0.39 is 43.6 Å². The van der Waals surface area contributed by atoms with Gasteiger partial charge in [-0.05, 0) is 50.1 Å². The van der Waals surface area contributed by atoms with Crippen LogP contribution in [0.1, 0.15) is 44.6 Å². The third kappa shape index (κ3) is 4.58. The number of rotatable bonds is 9. The van der Waals surface area contributed by atoms with Crippen molar-refractivity contribution in [2.75, 3.05) is 19.5 Å². The fraction of sp³-hybridized carbons (Fsp3) is 0.500. The van der Waals surface area contributed by atoms with Gasteiger partial charge >= 0.3 is 7.82 Å². The minimum atomic E-state index is -4.04. The molecule has 2 aliphatic rings. The first-order chi connectivity index (χ1) is 18.1. The molecule has 38 heavy (non-hydrogen) atoms. The second-order valence-corrected chi connectivity index (χ2v) is 11.1. The number of fused-ring (bicyclic) bond motifs is 2. The summed E-state index contributed by atoms with van der Waals surface area (Å²) in [7, 11) is -2.79. The van der Waals surface area contributed by atoms with Gasteiger partial charge in [0, 0.05) is 19.5 Å². The van der Waals surface area contributed by atoms with Crippen LogP contribution in [-0.4, -0.2) is 57.4 Å². The molecule has 3 aromatic rings. The average molecular weight is 545 g/mol. The zero-order chi connectivity index (χ0) is 27.1. The number of phosphoric ester groups is 1. The Morgan fingerprint density at radius 2 is 2.00 bits per heavy atom. The summed E-state index contributed by atoms with van der Waals surface area (Å²) in [6, 6.07) is 9.18. The Labute approximate surface area is 219 Å². The van der Waals surface area contributed by atoms with Gasteiger partial charge in [-0.25, -0.2) is 14.1 Å². The largest absolute Gasteiger partial charge is 0.475 e. The van der Waals surface area contributed by atoms with Crippen LogP contribution in [0.4, 0.5) is 5.82 Å². The van der Waals surface area contributed by atoms with Crippen molar-refractivity contribution >= 4 is 19.2 Å². The molecule has 0 aliphatic carbocycles. The summed E-state index contributed by atoms with van der Waals surface area (Å²) in [5, 5.41) is 14.7. The molecule has 0 spiro atoms. The lowest BCUT2D eigenvalue weighted by Gasteiger charge is -2.29. The van der Waals surface area contributed by atoms with Crippen LogP contribution in [0.5, 0.6) is 0 Å². The number of ether oxygens (including phenoxy) is 3. The monoisotopic (exact) mass is 544 g/mol. The van der Waals surface area contributed by atoms with E-state index in [0.717, 1.165) is 5.56 Å². The first-order valence-electron chi connectivity index (χ1n) is 12.1. The number of hydrogen-bond acceptors (Lipinski definition) is 12. The molecule has 0 aromatic carbocycles. The number of nitrogens with zero attached hydrogens (tertiary/aromatic N) is 5. The van der Waals surface area contributed by atoms with Gasteiger partial charge in [0.05, 0.1) is 18.4 Å². The molecule has 202 valence electrons. The van der Waals surface area contributed by atoms with Crippen LogP contribution in [0.25, 0.3) is 5.52 Å². The molecular weight excluding hydrogens is 515 g/mol. The highest BCUT2D eigenvalue weighted by atomic mass is 31.2. The number of pyridine rings is 1. The summed E-state index contributed by atoms with van der Waals surface area (Å²) >= 11 is 0. The smallest absolute Gasteiger partial charge is 0.382 e. The molecule has 6 atom stereocenters. The first-order valence-corrected chi connectivity index (χ1v) is 13.5. The highest BCUT2D eigenvalue weighted by Crippen LogP contribution is 2.55. The molecule has 3 aromatic heterocycles. The topological polar surface area (TPSA) is 165 Å². The van der Waals surface area contributed by atoms with Crippen LogP contribution < -0.4 is 5.73 Å². The van der Waals surface area contributed by atoms with E-state index in [9.17, 15) is 9.83 Å². The zero-order valence-electron chi connectivity index (χ0n) is 21.4. The lowest BCUT2D eigenvalue weighted by molar-refractivity contribution is -0.204. The summed E-state index contributed by atoms with van der Waals surface area (Å²) in [5.41, 5.74) is 6.03. The van der Waals surface area contributed by atoms with Crippen molar-refractivity contribution in [2.24, 2.45) is 0 Å². The summed E-state index contributed by atoms with van der Waals surface area (Å²) < 4.78 is 50.3. The predicted molar refractivity (Wildman–Crippen MR) is 132 cm³/mol. The average Bonchev–Trinajstić information content (AvgIpc) is 3.57. The van der Waals surface area contributed by atoms with E-state index in [4.69, 9.17) is 33.5 Å². The minimum absolute atomic E-state index is 0.246. The van der Waals surface area contributed by atoms with Crippen LogP contribution >= 0.6 is 7.82 Å². The minimum Gasteiger partial charge on any atom is -0.382 e. The maximum absolute atomic E-state index is 13.5. The Balaban J connectivity index is 1.43. The molecule has 0 saturated carbocycles. The molecule has 0 amide bonds. The van der Waals surface area contributed by atoms with Crippen LogP contribution in [0.3, 0.4) is 0 Å². The van der Waals surface area contributed by atoms with Crippen molar-refractivity contribution in [3.8, 4) is 6.07 Å². The first kappa shape index (κ1) is 26.6. The number of aromatic nitrogens is 4. The van der Waals surface area contributed by atoms with Gasteiger partial charge in [-0.1, -0.05) is 6.92 Å². The lowest BCUT2D eigenvalue weighted by atomic mass is 9.92. The lowest BCUT2D eigenvalue weighted by Crippen LogP contribution is -2.40. The summed E-state index contributed by atoms with van der Waals surface area (Å²) in [5.74, 6) is -0.771. The number of phosphoric acid groups is 1. The Morgan fingerprint density at radius 1 is 1.24 bits per heavy atom. The number of anilines is 1. The third-order valence-corrected chi connectivity index (χ3v) is 8.01. The molecular formula is C24H29N6O7P. The Hall–Kier alpha value is -2.95. The van der Waals surface area contributed by atoms with Crippen LogP contribution in [0, 0.1) is 11.3 Å². The van der Waals surface area contributed by atoms with Gasteiger partial charge in [0.15, 0.2) is 11.6 Å². The molecule has 14 heteroatoms. The quantitative estimate of drug-likeness (QED) is 0.391. The summed E-state index contributed by atoms with van der Waals surface area (Å²) in [4.78, 5) is 8.01. The number of nitriles is 1. The zero-order valence-corrected chi connectivity index (χ0v) is 22.3. The maximum atomic E-state index is 13.5. The number of nitrogen functional groups attached to an aromatic ring is 1. The van der Waals surface area contributed by atoms with E-state index in [1.54, 1.807) is 50.5 Å². The van der Waals surface area contributed by atoms with Gasteiger partial charge < -0.3 is 19.9 Å². The molecule has 5 heterocycles. The Bertz CT molecular complexity index is 1400. The Morgan fingerprint density at radius 3 is 2.68 bits per heavy atom. The van der Waals surface area contributed by atoms with Crippen molar-refractivity contribution in [1.82, 2.24) is 19.6 Å². The van der Waals surface area contributed by atoms with E-state index in [1.807, 2.05) is 6.92 Å². The van der Waals surface area contributed by atoms with Gasteiger partial charge in [0.1, 0.15) is 36.2 Å². The molecule has 2 N–H and O–H groups in total. The summed E-state index contributed by atoms with van der Waals surface area (Å²) in [6.45, 7) is 5.11. The predicted octanol–water partition coefficient (Wildman–Crippen LogP) is 3.28. The number of nitrogens with two attached hydrogens (primary N) is 1. The molecule has 2 aliphatic heterocycles. The van der Waals surface area contributed by atoms with E-state index in [1.165, 1.54) is 18.0 Å². The highest BCUT2D eigenvalue weighted by Gasteiger charge is 2.65. The Kier molecular flexibility index (Phi) is 7.00. The number of hydrogen-bond donors (Lipinski definition) is 1. The molecule has 0 bridgehead atoms. The standard InChI is InChI=1S/C24H29N6O7P/c1-5-17(15-8-10-27-11-9-15)37-38(31,32-4)33-12-18-20-21(36-23(2,3)35-20)24(13-25,34-18)19-7-6-16-22(26)28-14-29-30(16)19/h6-11,14,17-18,20-21H,5,12H2,1-4H3,(H2,26,28,29)/t17-,18+,20+,21+,24-,38+/m0/s1. The second kappa shape index (κ2) is 9.98. The fourth-order valence-corrected chi connectivity index (χ4v) is 6.02. The van der Waals surface area contributed by atoms with Crippen LogP contribution in [0.15, 0.2) is 43.0 Å².